The summed E-state index contributed by atoms with van der Waals surface area (Å²) in [6.45, 7) is 8.46. The number of aromatic nitrogens is 1. The molecule has 0 aliphatic carbocycles. The van der Waals surface area contributed by atoms with E-state index in [1.165, 1.54) is 0 Å². The Balaban J connectivity index is 1.70. The molecule has 0 spiro atoms. The maximum atomic E-state index is 12.7. The van der Waals surface area contributed by atoms with Crippen molar-refractivity contribution in [3.8, 4) is 0 Å². The number of carbonyl (C=O) groups is 1. The molecule has 3 rings (SSSR count). The number of likely N-dealkylation sites (N-methyl/N-ethyl adjacent to an activating group) is 1. The van der Waals surface area contributed by atoms with Crippen molar-refractivity contribution in [3.05, 3.63) is 30.1 Å². The summed E-state index contributed by atoms with van der Waals surface area (Å²) in [5.41, 5.74) is 0.921. The molecule has 1 aromatic heterocycles. The van der Waals surface area contributed by atoms with Crippen LogP contribution >= 0.6 is 0 Å². The summed E-state index contributed by atoms with van der Waals surface area (Å²) in [6, 6.07) is 3.62. The Labute approximate surface area is 132 Å². The number of rotatable bonds is 3. The minimum atomic E-state index is 0.145. The number of carbonyl (C=O) groups excluding carboxylic acids is 1. The van der Waals surface area contributed by atoms with Crippen LogP contribution in [0.3, 0.4) is 0 Å². The summed E-state index contributed by atoms with van der Waals surface area (Å²) < 4.78 is 0. The van der Waals surface area contributed by atoms with Crippen LogP contribution in [0, 0.1) is 0 Å². The van der Waals surface area contributed by atoms with E-state index in [0.717, 1.165) is 57.7 Å². The third-order valence-corrected chi connectivity index (χ3v) is 5.38. The Morgan fingerprint density at radius 2 is 1.86 bits per heavy atom. The molecule has 5 heteroatoms. The lowest BCUT2D eigenvalue weighted by molar-refractivity contribution is 0.0392. The van der Waals surface area contributed by atoms with Crippen LogP contribution in [0.5, 0.6) is 0 Å². The molecule has 0 saturated carbocycles. The average Bonchev–Trinajstić information content (AvgIpc) is 3.01. The Morgan fingerprint density at radius 1 is 1.18 bits per heavy atom. The van der Waals surface area contributed by atoms with Gasteiger partial charge in [-0.05, 0) is 32.0 Å². The first kappa shape index (κ1) is 15.4. The smallest absolute Gasteiger partial charge is 0.254 e. The molecular formula is C17H26N4O. The van der Waals surface area contributed by atoms with Crippen LogP contribution in [0.15, 0.2) is 24.5 Å². The summed E-state index contributed by atoms with van der Waals surface area (Å²) in [5.74, 6) is 0.145. The zero-order chi connectivity index (χ0) is 15.6. The molecule has 2 saturated heterocycles. The molecule has 2 aliphatic heterocycles. The summed E-state index contributed by atoms with van der Waals surface area (Å²) in [7, 11) is 2.18. The second-order valence-electron chi connectivity index (χ2n) is 6.58. The van der Waals surface area contributed by atoms with Gasteiger partial charge in [0, 0.05) is 62.8 Å². The normalized spacial score (nSPS) is 27.3. The fourth-order valence-electron chi connectivity index (χ4n) is 3.76. The molecule has 2 aliphatic rings. The van der Waals surface area contributed by atoms with Gasteiger partial charge in [-0.15, -0.1) is 0 Å². The zero-order valence-corrected chi connectivity index (χ0v) is 13.7. The molecule has 1 atom stereocenters. The molecule has 2 fully saturated rings. The van der Waals surface area contributed by atoms with Crippen molar-refractivity contribution in [1.29, 1.82) is 0 Å². The van der Waals surface area contributed by atoms with Gasteiger partial charge in [0.15, 0.2) is 0 Å². The van der Waals surface area contributed by atoms with Gasteiger partial charge in [-0.3, -0.25) is 14.7 Å². The lowest BCUT2D eigenvalue weighted by Crippen LogP contribution is -2.57. The fourth-order valence-corrected chi connectivity index (χ4v) is 3.76. The predicted octanol–water partition coefficient (Wildman–Crippen LogP) is 1.32. The SMILES string of the molecule is CCC1(N2CCN(C)CC2)CCN(C(=O)c2ccncc2)C1. The third kappa shape index (κ3) is 2.88. The number of hydrogen-bond donors (Lipinski definition) is 0. The second kappa shape index (κ2) is 6.34. The van der Waals surface area contributed by atoms with Gasteiger partial charge in [-0.1, -0.05) is 6.92 Å². The van der Waals surface area contributed by atoms with Crippen molar-refractivity contribution in [2.75, 3.05) is 46.3 Å². The Bertz CT molecular complexity index is 513. The Kier molecular flexibility index (Phi) is 4.45. The first-order chi connectivity index (χ1) is 10.6. The molecule has 1 aromatic rings. The zero-order valence-electron chi connectivity index (χ0n) is 13.7. The van der Waals surface area contributed by atoms with Crippen molar-refractivity contribution in [2.45, 2.75) is 25.3 Å². The van der Waals surface area contributed by atoms with Crippen LogP contribution in [0.4, 0.5) is 0 Å². The number of pyridine rings is 1. The molecule has 0 aromatic carbocycles. The van der Waals surface area contributed by atoms with Crippen molar-refractivity contribution < 1.29 is 4.79 Å². The van der Waals surface area contributed by atoms with E-state index in [4.69, 9.17) is 0 Å². The van der Waals surface area contributed by atoms with Crippen LogP contribution in [0.1, 0.15) is 30.1 Å². The summed E-state index contributed by atoms with van der Waals surface area (Å²) in [4.78, 5) is 23.7. The van der Waals surface area contributed by atoms with Crippen LogP contribution in [-0.2, 0) is 0 Å². The number of amides is 1. The van der Waals surface area contributed by atoms with E-state index in [-0.39, 0.29) is 11.4 Å². The van der Waals surface area contributed by atoms with Crippen LogP contribution < -0.4 is 0 Å². The largest absolute Gasteiger partial charge is 0.337 e. The number of likely N-dealkylation sites (tertiary alicyclic amines) is 1. The van der Waals surface area contributed by atoms with E-state index >= 15 is 0 Å². The molecule has 5 nitrogen and oxygen atoms in total. The fraction of sp³-hybridized carbons (Fsp3) is 0.647. The van der Waals surface area contributed by atoms with Crippen molar-refractivity contribution in [3.63, 3.8) is 0 Å². The predicted molar refractivity (Wildman–Crippen MR) is 86.8 cm³/mol. The summed E-state index contributed by atoms with van der Waals surface area (Å²) >= 11 is 0. The molecule has 22 heavy (non-hydrogen) atoms. The van der Waals surface area contributed by atoms with Crippen LogP contribution in [-0.4, -0.2) is 77.4 Å². The molecule has 1 unspecified atom stereocenters. The maximum absolute atomic E-state index is 12.7. The standard InChI is InChI=1S/C17H26N4O/c1-3-17(21-12-10-19(2)11-13-21)6-9-20(14-17)16(22)15-4-7-18-8-5-15/h4-5,7-8H,3,6,9-14H2,1-2H3. The molecule has 0 N–H and O–H groups in total. The first-order valence-electron chi connectivity index (χ1n) is 8.27. The number of hydrogen-bond acceptors (Lipinski definition) is 4. The van der Waals surface area contributed by atoms with Gasteiger partial charge in [0.1, 0.15) is 0 Å². The Morgan fingerprint density at radius 3 is 2.50 bits per heavy atom. The lowest BCUT2D eigenvalue weighted by Gasteiger charge is -2.45. The van der Waals surface area contributed by atoms with E-state index in [1.807, 2.05) is 17.0 Å². The highest BCUT2D eigenvalue weighted by atomic mass is 16.2. The highest BCUT2D eigenvalue weighted by Crippen LogP contribution is 2.32. The maximum Gasteiger partial charge on any atom is 0.254 e. The number of piperazine rings is 1. The monoisotopic (exact) mass is 302 g/mol. The van der Waals surface area contributed by atoms with Crippen molar-refractivity contribution >= 4 is 5.91 Å². The van der Waals surface area contributed by atoms with Gasteiger partial charge in [0.2, 0.25) is 0 Å². The molecule has 1 amide bonds. The van der Waals surface area contributed by atoms with E-state index in [2.05, 4.69) is 28.8 Å². The molecular weight excluding hydrogens is 276 g/mol. The first-order valence-corrected chi connectivity index (χ1v) is 8.27. The minimum absolute atomic E-state index is 0.145. The minimum Gasteiger partial charge on any atom is -0.337 e. The van der Waals surface area contributed by atoms with Gasteiger partial charge < -0.3 is 9.80 Å². The highest BCUT2D eigenvalue weighted by Gasteiger charge is 2.43. The molecule has 0 bridgehead atoms. The van der Waals surface area contributed by atoms with Crippen molar-refractivity contribution in [2.24, 2.45) is 0 Å². The summed E-state index contributed by atoms with van der Waals surface area (Å²) in [6.07, 6.45) is 5.58. The second-order valence-corrected chi connectivity index (χ2v) is 6.58. The molecule has 0 radical (unpaired) electrons. The van der Waals surface area contributed by atoms with Gasteiger partial charge in [0.05, 0.1) is 0 Å². The van der Waals surface area contributed by atoms with Crippen LogP contribution in [0.2, 0.25) is 0 Å². The topological polar surface area (TPSA) is 39.7 Å². The van der Waals surface area contributed by atoms with Gasteiger partial charge in [0.25, 0.3) is 5.91 Å². The van der Waals surface area contributed by atoms with E-state index in [9.17, 15) is 4.79 Å². The van der Waals surface area contributed by atoms with Gasteiger partial charge in [-0.25, -0.2) is 0 Å². The van der Waals surface area contributed by atoms with E-state index in [0.29, 0.717) is 0 Å². The van der Waals surface area contributed by atoms with Gasteiger partial charge >= 0.3 is 0 Å². The lowest BCUT2D eigenvalue weighted by atomic mass is 9.92. The number of nitrogens with zero attached hydrogens (tertiary/aromatic N) is 4. The summed E-state index contributed by atoms with van der Waals surface area (Å²) in [5, 5.41) is 0. The molecule has 3 heterocycles. The highest BCUT2D eigenvalue weighted by molar-refractivity contribution is 5.94. The molecule has 120 valence electrons. The third-order valence-electron chi connectivity index (χ3n) is 5.38. The quantitative estimate of drug-likeness (QED) is 0.844. The Hall–Kier alpha value is -1.46. The van der Waals surface area contributed by atoms with E-state index in [1.54, 1.807) is 12.4 Å². The van der Waals surface area contributed by atoms with Crippen molar-refractivity contribution in [1.82, 2.24) is 19.7 Å². The average molecular weight is 302 g/mol. The van der Waals surface area contributed by atoms with Crippen LogP contribution in [0.25, 0.3) is 0 Å². The van der Waals surface area contributed by atoms with Gasteiger partial charge in [-0.2, -0.15) is 0 Å². The van der Waals surface area contributed by atoms with E-state index < -0.39 is 0 Å².